The molecule has 1 aliphatic heterocycles. The Morgan fingerprint density at radius 2 is 1.97 bits per heavy atom. The number of carbonyl (C=O) groups is 1. The van der Waals surface area contributed by atoms with Gasteiger partial charge in [-0.15, -0.1) is 11.3 Å². The molecule has 1 saturated heterocycles. The first-order valence-corrected chi connectivity index (χ1v) is 10.3. The summed E-state index contributed by atoms with van der Waals surface area (Å²) >= 11 is 1.41. The molecule has 4 rings (SSSR count). The topological polar surface area (TPSA) is 54.5 Å². The van der Waals surface area contributed by atoms with E-state index in [0.717, 1.165) is 54.5 Å². The van der Waals surface area contributed by atoms with Crippen LogP contribution in [0.3, 0.4) is 0 Å². The van der Waals surface area contributed by atoms with Gasteiger partial charge in [-0.25, -0.2) is 9.37 Å². The number of thiazole rings is 1. The zero-order valence-electron chi connectivity index (χ0n) is 16.2. The van der Waals surface area contributed by atoms with Gasteiger partial charge in [-0.2, -0.15) is 0 Å². The summed E-state index contributed by atoms with van der Waals surface area (Å²) in [7, 11) is 0. The highest BCUT2D eigenvalue weighted by molar-refractivity contribution is 7.16. The third kappa shape index (κ3) is 4.87. The van der Waals surface area contributed by atoms with Gasteiger partial charge in [0, 0.05) is 35.6 Å². The van der Waals surface area contributed by atoms with Crippen LogP contribution in [-0.2, 0) is 11.3 Å². The van der Waals surface area contributed by atoms with Crippen molar-refractivity contribution in [1.29, 1.82) is 0 Å². The van der Waals surface area contributed by atoms with Crippen LogP contribution in [0.25, 0.3) is 11.3 Å². The maximum atomic E-state index is 13.2. The molecule has 1 amide bonds. The standard InChI is InChI=1S/C22H22FN3O2S/c1-15-20(17-5-7-19(23)8-6-17)24-22(29-15)25-21(27)18-4-2-3-16(13-18)14-26-9-11-28-12-10-26/h2-8,13H,9-12,14H2,1H3,(H,24,25,27). The van der Waals surface area contributed by atoms with E-state index in [9.17, 15) is 9.18 Å². The minimum Gasteiger partial charge on any atom is -0.379 e. The van der Waals surface area contributed by atoms with E-state index in [1.807, 2.05) is 25.1 Å². The SMILES string of the molecule is Cc1sc(NC(=O)c2cccc(CN3CCOCC3)c2)nc1-c1ccc(F)cc1. The summed E-state index contributed by atoms with van der Waals surface area (Å²) in [6.45, 7) is 6.05. The predicted molar refractivity (Wildman–Crippen MR) is 113 cm³/mol. The lowest BCUT2D eigenvalue weighted by Gasteiger charge is -2.26. The molecule has 0 bridgehead atoms. The van der Waals surface area contributed by atoms with Crippen LogP contribution in [0.4, 0.5) is 9.52 Å². The zero-order chi connectivity index (χ0) is 20.2. The average molecular weight is 412 g/mol. The molecule has 2 aromatic carbocycles. The molecular formula is C22H22FN3O2S. The summed E-state index contributed by atoms with van der Waals surface area (Å²) in [5.74, 6) is -0.472. The van der Waals surface area contributed by atoms with Crippen LogP contribution in [0.1, 0.15) is 20.8 Å². The predicted octanol–water partition coefficient (Wildman–Crippen LogP) is 4.34. The normalized spacial score (nSPS) is 14.7. The minimum atomic E-state index is -0.285. The molecule has 0 spiro atoms. The molecule has 5 nitrogen and oxygen atoms in total. The first-order chi connectivity index (χ1) is 14.1. The van der Waals surface area contributed by atoms with Gasteiger partial charge in [0.15, 0.2) is 5.13 Å². The van der Waals surface area contributed by atoms with Crippen molar-refractivity contribution >= 4 is 22.4 Å². The molecule has 7 heteroatoms. The van der Waals surface area contributed by atoms with Gasteiger partial charge < -0.3 is 4.74 Å². The molecule has 3 aromatic rings. The van der Waals surface area contributed by atoms with Crippen LogP contribution in [0, 0.1) is 12.7 Å². The van der Waals surface area contributed by atoms with Gasteiger partial charge in [0.1, 0.15) is 5.82 Å². The molecule has 29 heavy (non-hydrogen) atoms. The first kappa shape index (κ1) is 19.7. The number of rotatable bonds is 5. The summed E-state index contributed by atoms with van der Waals surface area (Å²) in [4.78, 5) is 20.6. The number of hydrogen-bond donors (Lipinski definition) is 1. The van der Waals surface area contributed by atoms with Crippen molar-refractivity contribution in [2.75, 3.05) is 31.6 Å². The van der Waals surface area contributed by atoms with Gasteiger partial charge in [-0.05, 0) is 48.9 Å². The lowest BCUT2D eigenvalue weighted by Crippen LogP contribution is -2.35. The van der Waals surface area contributed by atoms with Crippen molar-refractivity contribution < 1.29 is 13.9 Å². The molecule has 0 saturated carbocycles. The third-order valence-electron chi connectivity index (χ3n) is 4.83. The maximum Gasteiger partial charge on any atom is 0.257 e. The number of amides is 1. The van der Waals surface area contributed by atoms with Crippen LogP contribution in [0.15, 0.2) is 48.5 Å². The van der Waals surface area contributed by atoms with Gasteiger partial charge in [-0.3, -0.25) is 15.0 Å². The molecule has 1 fully saturated rings. The van der Waals surface area contributed by atoms with Crippen molar-refractivity contribution in [2.45, 2.75) is 13.5 Å². The van der Waals surface area contributed by atoms with Crippen LogP contribution in [-0.4, -0.2) is 42.1 Å². The molecular weight excluding hydrogens is 389 g/mol. The number of carbonyl (C=O) groups excluding carboxylic acids is 1. The Hall–Kier alpha value is -2.61. The van der Waals surface area contributed by atoms with Gasteiger partial charge in [-0.1, -0.05) is 12.1 Å². The number of benzene rings is 2. The summed E-state index contributed by atoms with van der Waals surface area (Å²) < 4.78 is 18.5. The molecule has 150 valence electrons. The Morgan fingerprint density at radius 3 is 2.72 bits per heavy atom. The molecule has 0 atom stereocenters. The van der Waals surface area contributed by atoms with Crippen molar-refractivity contribution in [3.05, 3.63) is 70.4 Å². The molecule has 1 N–H and O–H groups in total. The van der Waals surface area contributed by atoms with Crippen LogP contribution in [0.5, 0.6) is 0 Å². The smallest absolute Gasteiger partial charge is 0.257 e. The molecule has 0 unspecified atom stereocenters. The molecule has 2 heterocycles. The summed E-state index contributed by atoms with van der Waals surface area (Å²) in [5, 5.41) is 3.43. The second-order valence-electron chi connectivity index (χ2n) is 6.97. The third-order valence-corrected chi connectivity index (χ3v) is 5.72. The number of morpholine rings is 1. The number of nitrogens with zero attached hydrogens (tertiary/aromatic N) is 2. The van der Waals surface area contributed by atoms with E-state index < -0.39 is 0 Å². The van der Waals surface area contributed by atoms with Crippen molar-refractivity contribution in [3.63, 3.8) is 0 Å². The number of halogens is 1. The van der Waals surface area contributed by atoms with E-state index >= 15 is 0 Å². The van der Waals surface area contributed by atoms with Crippen molar-refractivity contribution in [1.82, 2.24) is 9.88 Å². The molecule has 0 aliphatic carbocycles. The van der Waals surface area contributed by atoms with Gasteiger partial charge in [0.25, 0.3) is 5.91 Å². The fourth-order valence-electron chi connectivity index (χ4n) is 3.32. The van der Waals surface area contributed by atoms with E-state index in [0.29, 0.717) is 10.7 Å². The number of ether oxygens (including phenoxy) is 1. The van der Waals surface area contributed by atoms with Crippen LogP contribution < -0.4 is 5.32 Å². The highest BCUT2D eigenvalue weighted by atomic mass is 32.1. The Kier molecular flexibility index (Phi) is 5.99. The van der Waals surface area contributed by atoms with E-state index in [-0.39, 0.29) is 11.7 Å². The van der Waals surface area contributed by atoms with E-state index in [1.54, 1.807) is 18.2 Å². The number of aromatic nitrogens is 1. The second-order valence-corrected chi connectivity index (χ2v) is 8.18. The fourth-order valence-corrected chi connectivity index (χ4v) is 4.15. The van der Waals surface area contributed by atoms with Gasteiger partial charge in [0.05, 0.1) is 18.9 Å². The number of anilines is 1. The average Bonchev–Trinajstić information content (AvgIpc) is 3.09. The van der Waals surface area contributed by atoms with Crippen molar-refractivity contribution in [3.8, 4) is 11.3 Å². The summed E-state index contributed by atoms with van der Waals surface area (Å²) in [6, 6.07) is 13.9. The van der Waals surface area contributed by atoms with Gasteiger partial charge in [0.2, 0.25) is 0 Å². The highest BCUT2D eigenvalue weighted by Crippen LogP contribution is 2.30. The zero-order valence-corrected chi connectivity index (χ0v) is 17.0. The minimum absolute atomic E-state index is 0.187. The Labute approximate surface area is 173 Å². The fraction of sp³-hybridized carbons (Fsp3) is 0.273. The maximum absolute atomic E-state index is 13.2. The summed E-state index contributed by atoms with van der Waals surface area (Å²) in [5.41, 5.74) is 3.29. The highest BCUT2D eigenvalue weighted by Gasteiger charge is 2.15. The molecule has 0 radical (unpaired) electrons. The van der Waals surface area contributed by atoms with E-state index in [1.165, 1.54) is 23.5 Å². The first-order valence-electron chi connectivity index (χ1n) is 9.52. The second kappa shape index (κ2) is 8.82. The monoisotopic (exact) mass is 411 g/mol. The van der Waals surface area contributed by atoms with Crippen LogP contribution >= 0.6 is 11.3 Å². The van der Waals surface area contributed by atoms with Crippen molar-refractivity contribution in [2.24, 2.45) is 0 Å². The molecule has 1 aliphatic rings. The number of nitrogens with one attached hydrogen (secondary N) is 1. The lowest BCUT2D eigenvalue weighted by atomic mass is 10.1. The van der Waals surface area contributed by atoms with Crippen LogP contribution in [0.2, 0.25) is 0 Å². The van der Waals surface area contributed by atoms with Gasteiger partial charge >= 0.3 is 0 Å². The van der Waals surface area contributed by atoms with E-state index in [2.05, 4.69) is 15.2 Å². The number of aryl methyl sites for hydroxylation is 1. The van der Waals surface area contributed by atoms with E-state index in [4.69, 9.17) is 4.74 Å². The largest absolute Gasteiger partial charge is 0.379 e. The molecule has 1 aromatic heterocycles. The number of hydrogen-bond acceptors (Lipinski definition) is 5. The lowest BCUT2D eigenvalue weighted by molar-refractivity contribution is 0.0342. The Morgan fingerprint density at radius 1 is 1.21 bits per heavy atom. The Bertz CT molecular complexity index is 998. The Balaban J connectivity index is 1.46. The quantitative estimate of drug-likeness (QED) is 0.679. The summed E-state index contributed by atoms with van der Waals surface area (Å²) in [6.07, 6.45) is 0.